The summed E-state index contributed by atoms with van der Waals surface area (Å²) in [6, 6.07) is 0. The van der Waals surface area contributed by atoms with Crippen LogP contribution >= 0.6 is 0 Å². The minimum absolute atomic E-state index is 0.0659. The fourth-order valence-corrected chi connectivity index (χ4v) is 11.1. The average Bonchev–Trinajstić information content (AvgIpc) is 3.44. The fourth-order valence-electron chi connectivity index (χ4n) is 11.1. The largest absolute Gasteiger partial charge is 0.462 e. The van der Waals surface area contributed by atoms with Gasteiger partial charge in [-0.15, -0.1) is 0 Å². The second kappa shape index (κ2) is 67.7. The van der Waals surface area contributed by atoms with Gasteiger partial charge in [-0.3, -0.25) is 14.4 Å². The van der Waals surface area contributed by atoms with Gasteiger partial charge in [-0.1, -0.05) is 367 Å². The van der Waals surface area contributed by atoms with Gasteiger partial charge in [-0.25, -0.2) is 0 Å². The third-order valence-electron chi connectivity index (χ3n) is 16.5. The summed E-state index contributed by atoms with van der Waals surface area (Å²) >= 11 is 0. The standard InChI is InChI=1S/C72H138O6/c1-4-7-10-13-16-19-22-24-26-28-30-32-34-35-36-38-39-41-43-45-47-50-53-56-59-62-65-71(74)77-68-69(67-76-70(73)64-61-58-55-52-49-21-18-15-12-9-6-3)78-72(75)66-63-60-57-54-51-48-46-44-42-40-37-33-31-29-27-25-23-20-17-14-11-8-5-2/h15,18,69H,4-14,16-17,19-68H2,1-3H3/b18-15-. The monoisotopic (exact) mass is 1100 g/mol. The second-order valence-electron chi connectivity index (χ2n) is 24.5. The Bertz CT molecular complexity index is 1210. The van der Waals surface area contributed by atoms with Crippen LogP contribution in [-0.2, 0) is 28.6 Å². The molecule has 0 bridgehead atoms. The molecule has 462 valence electrons. The Hall–Kier alpha value is -1.85. The molecule has 0 spiro atoms. The Morgan fingerprint density at radius 1 is 0.244 bits per heavy atom. The van der Waals surface area contributed by atoms with Crippen molar-refractivity contribution in [3.8, 4) is 0 Å². The van der Waals surface area contributed by atoms with Gasteiger partial charge in [0.25, 0.3) is 0 Å². The molecule has 0 heterocycles. The molecule has 0 aromatic rings. The number of hydrogen-bond donors (Lipinski definition) is 0. The van der Waals surface area contributed by atoms with Gasteiger partial charge in [0.05, 0.1) is 0 Å². The van der Waals surface area contributed by atoms with E-state index in [0.29, 0.717) is 19.3 Å². The van der Waals surface area contributed by atoms with Gasteiger partial charge in [0, 0.05) is 19.3 Å². The number of carbonyl (C=O) groups is 3. The highest BCUT2D eigenvalue weighted by atomic mass is 16.6. The van der Waals surface area contributed by atoms with Crippen molar-refractivity contribution < 1.29 is 28.6 Å². The van der Waals surface area contributed by atoms with Crippen molar-refractivity contribution in [2.45, 2.75) is 419 Å². The van der Waals surface area contributed by atoms with E-state index in [4.69, 9.17) is 14.2 Å². The van der Waals surface area contributed by atoms with Gasteiger partial charge in [0.15, 0.2) is 6.10 Å². The van der Waals surface area contributed by atoms with Crippen LogP contribution in [0.1, 0.15) is 412 Å². The van der Waals surface area contributed by atoms with E-state index < -0.39 is 6.10 Å². The van der Waals surface area contributed by atoms with E-state index in [9.17, 15) is 14.4 Å². The summed E-state index contributed by atoms with van der Waals surface area (Å²) in [7, 11) is 0. The molecule has 0 aliphatic carbocycles. The molecule has 6 heteroatoms. The Balaban J connectivity index is 4.14. The number of rotatable bonds is 67. The molecule has 1 atom stereocenters. The average molecular weight is 1100 g/mol. The minimum Gasteiger partial charge on any atom is -0.462 e. The zero-order valence-corrected chi connectivity index (χ0v) is 53.2. The summed E-state index contributed by atoms with van der Waals surface area (Å²) < 4.78 is 17.0. The molecule has 0 rings (SSSR count). The van der Waals surface area contributed by atoms with Crippen molar-refractivity contribution in [1.82, 2.24) is 0 Å². The van der Waals surface area contributed by atoms with Gasteiger partial charge >= 0.3 is 17.9 Å². The lowest BCUT2D eigenvalue weighted by Crippen LogP contribution is -2.30. The van der Waals surface area contributed by atoms with Crippen molar-refractivity contribution >= 4 is 17.9 Å². The molecule has 0 aliphatic rings. The van der Waals surface area contributed by atoms with E-state index in [-0.39, 0.29) is 31.1 Å². The summed E-state index contributed by atoms with van der Waals surface area (Å²) in [5.74, 6) is -0.842. The highest BCUT2D eigenvalue weighted by molar-refractivity contribution is 5.71. The molecule has 0 fully saturated rings. The zero-order valence-electron chi connectivity index (χ0n) is 53.2. The molecule has 0 aromatic carbocycles. The van der Waals surface area contributed by atoms with Crippen molar-refractivity contribution in [3.63, 3.8) is 0 Å². The number of ether oxygens (including phenoxy) is 3. The second-order valence-corrected chi connectivity index (χ2v) is 24.5. The van der Waals surface area contributed by atoms with Gasteiger partial charge in [0.2, 0.25) is 0 Å². The van der Waals surface area contributed by atoms with Crippen LogP contribution in [0.2, 0.25) is 0 Å². The van der Waals surface area contributed by atoms with Gasteiger partial charge in [-0.2, -0.15) is 0 Å². The molecule has 78 heavy (non-hydrogen) atoms. The lowest BCUT2D eigenvalue weighted by atomic mass is 10.0. The normalized spacial score (nSPS) is 12.0. The zero-order chi connectivity index (χ0) is 56.4. The molecule has 6 nitrogen and oxygen atoms in total. The van der Waals surface area contributed by atoms with Gasteiger partial charge in [-0.05, 0) is 38.5 Å². The Labute approximate surface area is 488 Å². The van der Waals surface area contributed by atoms with E-state index in [1.807, 2.05) is 0 Å². The third kappa shape index (κ3) is 65.0. The van der Waals surface area contributed by atoms with Gasteiger partial charge in [0.1, 0.15) is 13.2 Å². The molecule has 0 N–H and O–H groups in total. The van der Waals surface area contributed by atoms with Gasteiger partial charge < -0.3 is 14.2 Å². The lowest BCUT2D eigenvalue weighted by molar-refractivity contribution is -0.167. The molecular weight excluding hydrogens is 961 g/mol. The fraction of sp³-hybridized carbons (Fsp3) is 0.931. The highest BCUT2D eigenvalue weighted by Crippen LogP contribution is 2.19. The highest BCUT2D eigenvalue weighted by Gasteiger charge is 2.19. The number of hydrogen-bond acceptors (Lipinski definition) is 6. The van der Waals surface area contributed by atoms with Crippen LogP contribution in [0.25, 0.3) is 0 Å². The Morgan fingerprint density at radius 2 is 0.436 bits per heavy atom. The summed E-state index contributed by atoms with van der Waals surface area (Å²) in [5.41, 5.74) is 0. The maximum Gasteiger partial charge on any atom is 0.306 e. The lowest BCUT2D eigenvalue weighted by Gasteiger charge is -2.18. The Morgan fingerprint density at radius 3 is 0.679 bits per heavy atom. The number of esters is 3. The number of allylic oxidation sites excluding steroid dienone is 2. The SMILES string of the molecule is CCCC/C=C\CCCCCCCC(=O)OCC(COC(=O)CCCCCCCCCCCCCCCCCCCCCCCCCCCC)OC(=O)CCCCCCCCCCCCCCCCCCCCCCCCC. The number of carbonyl (C=O) groups excluding carboxylic acids is 3. The molecule has 0 amide bonds. The smallest absolute Gasteiger partial charge is 0.306 e. The molecule has 0 radical (unpaired) electrons. The van der Waals surface area contributed by atoms with Crippen LogP contribution in [0, 0.1) is 0 Å². The predicted octanol–water partition coefficient (Wildman–Crippen LogP) is 24.4. The number of unbranched alkanes of at least 4 members (excludes halogenated alkanes) is 54. The van der Waals surface area contributed by atoms with Crippen LogP contribution in [0.3, 0.4) is 0 Å². The maximum atomic E-state index is 12.9. The molecule has 0 aliphatic heterocycles. The van der Waals surface area contributed by atoms with E-state index in [2.05, 4.69) is 32.9 Å². The van der Waals surface area contributed by atoms with E-state index >= 15 is 0 Å². The summed E-state index contributed by atoms with van der Waals surface area (Å²) in [6.45, 7) is 6.69. The quantitative estimate of drug-likeness (QED) is 0.0261. The van der Waals surface area contributed by atoms with Crippen LogP contribution in [0.4, 0.5) is 0 Å². The molecule has 0 saturated carbocycles. The Kier molecular flexibility index (Phi) is 66.0. The third-order valence-corrected chi connectivity index (χ3v) is 16.5. The van der Waals surface area contributed by atoms with Crippen LogP contribution in [0.15, 0.2) is 12.2 Å². The van der Waals surface area contributed by atoms with Crippen molar-refractivity contribution in [2.24, 2.45) is 0 Å². The van der Waals surface area contributed by atoms with E-state index in [1.54, 1.807) is 0 Å². The van der Waals surface area contributed by atoms with Crippen molar-refractivity contribution in [2.75, 3.05) is 13.2 Å². The first-order valence-corrected chi connectivity index (χ1v) is 35.7. The first kappa shape index (κ1) is 76.1. The summed E-state index contributed by atoms with van der Waals surface area (Å²) in [6.07, 6.45) is 81.2. The minimum atomic E-state index is -0.769. The topological polar surface area (TPSA) is 78.9 Å². The summed E-state index contributed by atoms with van der Waals surface area (Å²) in [4.78, 5) is 38.4. The van der Waals surface area contributed by atoms with E-state index in [1.165, 1.54) is 308 Å². The van der Waals surface area contributed by atoms with Crippen LogP contribution in [0.5, 0.6) is 0 Å². The first-order chi connectivity index (χ1) is 38.5. The molecule has 1 unspecified atom stereocenters. The van der Waals surface area contributed by atoms with Crippen molar-refractivity contribution in [1.29, 1.82) is 0 Å². The molecule has 0 aromatic heterocycles. The molecule has 0 saturated heterocycles. The van der Waals surface area contributed by atoms with E-state index in [0.717, 1.165) is 64.2 Å². The first-order valence-electron chi connectivity index (χ1n) is 35.7. The van der Waals surface area contributed by atoms with Crippen molar-refractivity contribution in [3.05, 3.63) is 12.2 Å². The molecular formula is C72H138O6. The summed E-state index contributed by atoms with van der Waals surface area (Å²) in [5, 5.41) is 0. The van der Waals surface area contributed by atoms with Crippen LogP contribution < -0.4 is 0 Å². The predicted molar refractivity (Wildman–Crippen MR) is 340 cm³/mol. The maximum absolute atomic E-state index is 12.9. The van der Waals surface area contributed by atoms with Crippen LogP contribution in [-0.4, -0.2) is 37.2 Å².